The Morgan fingerprint density at radius 1 is 1.04 bits per heavy atom. The molecular weight excluding hydrogens is 306 g/mol. The number of rotatable bonds is 4. The molecule has 0 aliphatic heterocycles. The van der Waals surface area contributed by atoms with Gasteiger partial charge < -0.3 is 0 Å². The Bertz CT molecular complexity index is 853. The van der Waals surface area contributed by atoms with Gasteiger partial charge in [-0.05, 0) is 42.2 Å². The molecule has 118 valence electrons. The standard InChI is InChI=1S/C19H19NO2S/c1-14(2)17-8-6-16(7-9-17)12-19(13-20)23(21,22)18-10-4-15(3)5-11-18/h4-12,14H,1-3H3. The Balaban J connectivity index is 2.42. The van der Waals surface area contributed by atoms with Gasteiger partial charge >= 0.3 is 0 Å². The third-order valence-electron chi connectivity index (χ3n) is 3.63. The lowest BCUT2D eigenvalue weighted by atomic mass is 10.0. The summed E-state index contributed by atoms with van der Waals surface area (Å²) in [5.74, 6) is 0.403. The van der Waals surface area contributed by atoms with E-state index in [1.54, 1.807) is 12.1 Å². The summed E-state index contributed by atoms with van der Waals surface area (Å²) in [5, 5.41) is 9.28. The normalized spacial score (nSPS) is 12.2. The van der Waals surface area contributed by atoms with Crippen molar-refractivity contribution in [1.29, 1.82) is 5.26 Å². The van der Waals surface area contributed by atoms with Crippen molar-refractivity contribution in [3.8, 4) is 6.07 Å². The van der Waals surface area contributed by atoms with Crippen LogP contribution in [0, 0.1) is 18.3 Å². The Morgan fingerprint density at radius 3 is 2.09 bits per heavy atom. The maximum atomic E-state index is 12.6. The molecule has 2 aromatic rings. The number of allylic oxidation sites excluding steroid dienone is 1. The fraction of sp³-hybridized carbons (Fsp3) is 0.211. The van der Waals surface area contributed by atoms with Crippen molar-refractivity contribution in [3.05, 3.63) is 70.1 Å². The number of nitriles is 1. The van der Waals surface area contributed by atoms with Gasteiger partial charge in [-0.15, -0.1) is 0 Å². The smallest absolute Gasteiger partial charge is 0.216 e. The lowest BCUT2D eigenvalue weighted by Gasteiger charge is -2.06. The SMILES string of the molecule is Cc1ccc(S(=O)(=O)C(C#N)=Cc2ccc(C(C)C)cc2)cc1. The van der Waals surface area contributed by atoms with E-state index in [2.05, 4.69) is 13.8 Å². The van der Waals surface area contributed by atoms with Crippen LogP contribution in [0.4, 0.5) is 0 Å². The maximum Gasteiger partial charge on any atom is 0.216 e. The maximum absolute atomic E-state index is 12.6. The Labute approximate surface area is 137 Å². The molecule has 0 radical (unpaired) electrons. The van der Waals surface area contributed by atoms with Crippen molar-refractivity contribution in [2.75, 3.05) is 0 Å². The number of nitrogens with zero attached hydrogens (tertiary/aromatic N) is 1. The topological polar surface area (TPSA) is 57.9 Å². The Hall–Kier alpha value is -2.38. The first-order valence-corrected chi connectivity index (χ1v) is 8.86. The molecule has 0 heterocycles. The summed E-state index contributed by atoms with van der Waals surface area (Å²) >= 11 is 0. The van der Waals surface area contributed by atoms with Gasteiger partial charge in [0.1, 0.15) is 11.0 Å². The summed E-state index contributed by atoms with van der Waals surface area (Å²) < 4.78 is 25.1. The molecule has 0 fully saturated rings. The third-order valence-corrected chi connectivity index (χ3v) is 5.31. The number of benzene rings is 2. The van der Waals surface area contributed by atoms with Gasteiger partial charge in [0.2, 0.25) is 9.84 Å². The zero-order valence-corrected chi connectivity index (χ0v) is 14.3. The van der Waals surface area contributed by atoms with Crippen molar-refractivity contribution >= 4 is 15.9 Å². The van der Waals surface area contributed by atoms with Crippen LogP contribution in [0.15, 0.2) is 58.3 Å². The van der Waals surface area contributed by atoms with Gasteiger partial charge in [0.15, 0.2) is 0 Å². The van der Waals surface area contributed by atoms with E-state index < -0.39 is 9.84 Å². The highest BCUT2D eigenvalue weighted by atomic mass is 32.2. The molecule has 0 saturated heterocycles. The fourth-order valence-electron chi connectivity index (χ4n) is 2.14. The van der Waals surface area contributed by atoms with Crippen LogP contribution in [0.5, 0.6) is 0 Å². The molecule has 0 aliphatic rings. The van der Waals surface area contributed by atoms with Gasteiger partial charge in [-0.3, -0.25) is 0 Å². The predicted octanol–water partition coefficient (Wildman–Crippen LogP) is 4.46. The molecule has 0 unspecified atom stereocenters. The van der Waals surface area contributed by atoms with Gasteiger partial charge in [0.25, 0.3) is 0 Å². The van der Waals surface area contributed by atoms with Gasteiger partial charge in [-0.1, -0.05) is 55.8 Å². The largest absolute Gasteiger partial charge is 0.218 e. The monoisotopic (exact) mass is 325 g/mol. The first-order valence-electron chi connectivity index (χ1n) is 7.38. The van der Waals surface area contributed by atoms with Gasteiger partial charge in [-0.25, -0.2) is 8.42 Å². The lowest BCUT2D eigenvalue weighted by molar-refractivity contribution is 0.603. The molecular formula is C19H19NO2S. The van der Waals surface area contributed by atoms with Crippen LogP contribution < -0.4 is 0 Å². The second-order valence-corrected chi connectivity index (χ2v) is 7.68. The summed E-state index contributed by atoms with van der Waals surface area (Å²) in [6.07, 6.45) is 1.42. The third kappa shape index (κ3) is 3.88. The molecule has 0 amide bonds. The summed E-state index contributed by atoms with van der Waals surface area (Å²) in [4.78, 5) is -0.117. The van der Waals surface area contributed by atoms with E-state index in [9.17, 15) is 13.7 Å². The van der Waals surface area contributed by atoms with Crippen LogP contribution in [-0.2, 0) is 9.84 Å². The van der Waals surface area contributed by atoms with Crippen LogP contribution in [0.25, 0.3) is 6.08 Å². The summed E-state index contributed by atoms with van der Waals surface area (Å²) in [6.45, 7) is 6.06. The number of sulfone groups is 1. The fourth-order valence-corrected chi connectivity index (χ4v) is 3.30. The van der Waals surface area contributed by atoms with E-state index in [0.29, 0.717) is 11.5 Å². The molecule has 2 rings (SSSR count). The van der Waals surface area contributed by atoms with Crippen LogP contribution in [0.2, 0.25) is 0 Å². The zero-order chi connectivity index (χ0) is 17.0. The van der Waals surface area contributed by atoms with Crippen molar-refractivity contribution in [2.24, 2.45) is 0 Å². The highest BCUT2D eigenvalue weighted by Crippen LogP contribution is 2.22. The second kappa shape index (κ2) is 6.80. The number of hydrogen-bond donors (Lipinski definition) is 0. The molecule has 0 atom stereocenters. The summed E-state index contributed by atoms with van der Waals surface area (Å²) in [5.41, 5.74) is 2.83. The molecule has 0 spiro atoms. The van der Waals surface area contributed by atoms with Crippen molar-refractivity contribution in [1.82, 2.24) is 0 Å². The molecule has 23 heavy (non-hydrogen) atoms. The molecule has 4 heteroatoms. The van der Waals surface area contributed by atoms with E-state index in [0.717, 1.165) is 5.56 Å². The predicted molar refractivity (Wildman–Crippen MR) is 92.5 cm³/mol. The molecule has 0 aliphatic carbocycles. The van der Waals surface area contributed by atoms with E-state index in [-0.39, 0.29) is 9.80 Å². The van der Waals surface area contributed by atoms with E-state index in [4.69, 9.17) is 0 Å². The van der Waals surface area contributed by atoms with Crippen LogP contribution in [0.3, 0.4) is 0 Å². The Morgan fingerprint density at radius 2 is 1.61 bits per heavy atom. The molecule has 0 aromatic heterocycles. The minimum atomic E-state index is -3.79. The first-order chi connectivity index (χ1) is 10.8. The minimum absolute atomic E-state index is 0.134. The molecule has 0 bridgehead atoms. The van der Waals surface area contributed by atoms with E-state index in [1.165, 1.54) is 23.8 Å². The van der Waals surface area contributed by atoms with Gasteiger partial charge in [-0.2, -0.15) is 5.26 Å². The lowest BCUT2D eigenvalue weighted by Crippen LogP contribution is -2.03. The number of hydrogen-bond acceptors (Lipinski definition) is 3. The van der Waals surface area contributed by atoms with E-state index >= 15 is 0 Å². The molecule has 0 N–H and O–H groups in total. The molecule has 3 nitrogen and oxygen atoms in total. The molecule has 2 aromatic carbocycles. The van der Waals surface area contributed by atoms with Gasteiger partial charge in [0, 0.05) is 0 Å². The number of aryl methyl sites for hydroxylation is 1. The zero-order valence-electron chi connectivity index (χ0n) is 13.4. The van der Waals surface area contributed by atoms with Crippen LogP contribution >= 0.6 is 0 Å². The average molecular weight is 325 g/mol. The van der Waals surface area contributed by atoms with Crippen LogP contribution in [0.1, 0.15) is 36.5 Å². The van der Waals surface area contributed by atoms with Crippen LogP contribution in [-0.4, -0.2) is 8.42 Å². The van der Waals surface area contributed by atoms with E-state index in [1.807, 2.05) is 37.3 Å². The van der Waals surface area contributed by atoms with Crippen molar-refractivity contribution < 1.29 is 8.42 Å². The van der Waals surface area contributed by atoms with Crippen molar-refractivity contribution in [2.45, 2.75) is 31.6 Å². The highest BCUT2D eigenvalue weighted by molar-refractivity contribution is 7.95. The summed E-state index contributed by atoms with van der Waals surface area (Å²) in [7, 11) is -3.79. The highest BCUT2D eigenvalue weighted by Gasteiger charge is 2.20. The quantitative estimate of drug-likeness (QED) is 0.780. The van der Waals surface area contributed by atoms with Gasteiger partial charge in [0.05, 0.1) is 4.90 Å². The Kier molecular flexibility index (Phi) is 5.02. The molecule has 0 saturated carbocycles. The minimum Gasteiger partial charge on any atom is -0.218 e. The average Bonchev–Trinajstić information content (AvgIpc) is 2.53. The first kappa shape index (κ1) is 17.0. The second-order valence-electron chi connectivity index (χ2n) is 5.76. The summed E-state index contributed by atoms with van der Waals surface area (Å²) in [6, 6.07) is 15.9. The van der Waals surface area contributed by atoms with Crippen molar-refractivity contribution in [3.63, 3.8) is 0 Å².